The van der Waals surface area contributed by atoms with E-state index in [0.717, 1.165) is 13.0 Å². The number of rotatable bonds is 9. The van der Waals surface area contributed by atoms with Crippen LogP contribution in [-0.2, 0) is 14.8 Å². The average Bonchev–Trinajstić information content (AvgIpc) is 2.17. The topological polar surface area (TPSA) is 67.4 Å². The van der Waals surface area contributed by atoms with Gasteiger partial charge < -0.3 is 10.1 Å². The molecular formula is C10H24N2O3S. The third kappa shape index (κ3) is 6.42. The van der Waals surface area contributed by atoms with Crippen molar-refractivity contribution in [3.8, 4) is 0 Å². The Morgan fingerprint density at radius 2 is 1.94 bits per heavy atom. The molecule has 2 atom stereocenters. The summed E-state index contributed by atoms with van der Waals surface area (Å²) < 4.78 is 31.1. The molecule has 98 valence electrons. The van der Waals surface area contributed by atoms with Gasteiger partial charge in [0.25, 0.3) is 0 Å². The van der Waals surface area contributed by atoms with E-state index in [0.29, 0.717) is 13.2 Å². The standard InChI is InChI=1S/C10H24N2O3S/c1-5-6-11-7-10(3)16(13,14)12-9(2)8-15-4/h9-12H,5-8H2,1-4H3. The molecule has 5 nitrogen and oxygen atoms in total. The summed E-state index contributed by atoms with van der Waals surface area (Å²) in [7, 11) is -1.70. The fourth-order valence-corrected chi connectivity index (χ4v) is 2.47. The SMILES string of the molecule is CCCNCC(C)S(=O)(=O)NC(C)COC. The molecule has 0 aromatic heterocycles. The van der Waals surface area contributed by atoms with Crippen molar-refractivity contribution < 1.29 is 13.2 Å². The molecule has 0 saturated carbocycles. The zero-order valence-electron chi connectivity index (χ0n) is 10.6. The van der Waals surface area contributed by atoms with Crippen molar-refractivity contribution in [2.75, 3.05) is 26.8 Å². The van der Waals surface area contributed by atoms with Gasteiger partial charge >= 0.3 is 0 Å². The number of ether oxygens (including phenoxy) is 1. The van der Waals surface area contributed by atoms with E-state index in [1.54, 1.807) is 21.0 Å². The highest BCUT2D eigenvalue weighted by atomic mass is 32.2. The number of hydrogen-bond donors (Lipinski definition) is 2. The minimum absolute atomic E-state index is 0.191. The van der Waals surface area contributed by atoms with Crippen LogP contribution < -0.4 is 10.0 Å². The Morgan fingerprint density at radius 3 is 2.44 bits per heavy atom. The summed E-state index contributed by atoms with van der Waals surface area (Å²) in [6.45, 7) is 7.23. The molecule has 6 heteroatoms. The van der Waals surface area contributed by atoms with Crippen LogP contribution >= 0.6 is 0 Å². The van der Waals surface area contributed by atoms with Gasteiger partial charge in [0.1, 0.15) is 0 Å². The second-order valence-electron chi connectivity index (χ2n) is 4.03. The lowest BCUT2D eigenvalue weighted by molar-refractivity contribution is 0.180. The van der Waals surface area contributed by atoms with Gasteiger partial charge in [-0.3, -0.25) is 0 Å². The molecule has 0 radical (unpaired) electrons. The van der Waals surface area contributed by atoms with Gasteiger partial charge in [0.05, 0.1) is 11.9 Å². The van der Waals surface area contributed by atoms with Gasteiger partial charge in [-0.05, 0) is 26.8 Å². The van der Waals surface area contributed by atoms with E-state index in [2.05, 4.69) is 10.0 Å². The third-order valence-corrected chi connectivity index (χ3v) is 4.13. The Kier molecular flexibility index (Phi) is 7.91. The van der Waals surface area contributed by atoms with Crippen LogP contribution in [0, 0.1) is 0 Å². The Hall–Kier alpha value is -0.170. The van der Waals surface area contributed by atoms with Crippen LogP contribution in [0.5, 0.6) is 0 Å². The fraction of sp³-hybridized carbons (Fsp3) is 1.00. The van der Waals surface area contributed by atoms with Crippen LogP contribution in [-0.4, -0.2) is 46.5 Å². The Labute approximate surface area is 99.0 Å². The van der Waals surface area contributed by atoms with E-state index in [-0.39, 0.29) is 6.04 Å². The first-order valence-electron chi connectivity index (χ1n) is 5.64. The summed E-state index contributed by atoms with van der Waals surface area (Å²) in [5, 5.41) is 2.66. The van der Waals surface area contributed by atoms with Gasteiger partial charge in [-0.2, -0.15) is 0 Å². The summed E-state index contributed by atoms with van der Waals surface area (Å²) >= 11 is 0. The first-order chi connectivity index (χ1) is 7.44. The lowest BCUT2D eigenvalue weighted by Crippen LogP contribution is -2.44. The van der Waals surface area contributed by atoms with Gasteiger partial charge in [-0.15, -0.1) is 0 Å². The van der Waals surface area contributed by atoms with Crippen LogP contribution in [0.3, 0.4) is 0 Å². The Balaban J connectivity index is 4.10. The zero-order valence-corrected chi connectivity index (χ0v) is 11.4. The summed E-state index contributed by atoms with van der Waals surface area (Å²) in [5.41, 5.74) is 0. The minimum atomic E-state index is -3.25. The van der Waals surface area contributed by atoms with E-state index >= 15 is 0 Å². The van der Waals surface area contributed by atoms with Crippen molar-refractivity contribution in [3.63, 3.8) is 0 Å². The first-order valence-corrected chi connectivity index (χ1v) is 7.19. The Morgan fingerprint density at radius 1 is 1.31 bits per heavy atom. The highest BCUT2D eigenvalue weighted by Gasteiger charge is 2.21. The summed E-state index contributed by atoms with van der Waals surface area (Å²) in [5.74, 6) is 0. The minimum Gasteiger partial charge on any atom is -0.383 e. The number of nitrogens with one attached hydrogen (secondary N) is 2. The normalized spacial score (nSPS) is 16.0. The lowest BCUT2D eigenvalue weighted by atomic mass is 10.4. The van der Waals surface area contributed by atoms with Crippen molar-refractivity contribution in [1.82, 2.24) is 10.0 Å². The van der Waals surface area contributed by atoms with Gasteiger partial charge in [0, 0.05) is 19.7 Å². The zero-order chi connectivity index (χ0) is 12.6. The summed E-state index contributed by atoms with van der Waals surface area (Å²) in [6, 6.07) is -0.191. The first kappa shape index (κ1) is 15.8. The quantitative estimate of drug-likeness (QED) is 0.580. The van der Waals surface area contributed by atoms with Crippen LogP contribution in [0.1, 0.15) is 27.2 Å². The van der Waals surface area contributed by atoms with E-state index in [4.69, 9.17) is 4.74 Å². The molecule has 0 bridgehead atoms. The molecule has 0 aliphatic rings. The second kappa shape index (κ2) is 8.00. The maximum Gasteiger partial charge on any atom is 0.215 e. The van der Waals surface area contributed by atoms with E-state index in [9.17, 15) is 8.42 Å². The molecule has 0 spiro atoms. The molecule has 0 heterocycles. The number of sulfonamides is 1. The molecule has 0 aromatic carbocycles. The summed E-state index contributed by atoms with van der Waals surface area (Å²) in [4.78, 5) is 0. The monoisotopic (exact) mass is 252 g/mol. The number of hydrogen-bond acceptors (Lipinski definition) is 4. The van der Waals surface area contributed by atoms with Crippen molar-refractivity contribution in [3.05, 3.63) is 0 Å². The van der Waals surface area contributed by atoms with Crippen molar-refractivity contribution in [1.29, 1.82) is 0 Å². The number of methoxy groups -OCH3 is 1. The van der Waals surface area contributed by atoms with E-state index < -0.39 is 15.3 Å². The molecule has 0 aliphatic heterocycles. The molecule has 16 heavy (non-hydrogen) atoms. The molecule has 2 unspecified atom stereocenters. The highest BCUT2D eigenvalue weighted by molar-refractivity contribution is 7.90. The molecular weight excluding hydrogens is 228 g/mol. The highest BCUT2D eigenvalue weighted by Crippen LogP contribution is 1.99. The van der Waals surface area contributed by atoms with Crippen molar-refractivity contribution >= 4 is 10.0 Å². The Bertz CT molecular complexity index is 267. The molecule has 0 fully saturated rings. The van der Waals surface area contributed by atoms with Crippen LogP contribution in [0.15, 0.2) is 0 Å². The third-order valence-electron chi connectivity index (χ3n) is 2.17. The molecule has 0 saturated heterocycles. The average molecular weight is 252 g/mol. The molecule has 0 amide bonds. The van der Waals surface area contributed by atoms with E-state index in [1.807, 2.05) is 6.92 Å². The van der Waals surface area contributed by atoms with Gasteiger partial charge in [0.15, 0.2) is 0 Å². The lowest BCUT2D eigenvalue weighted by Gasteiger charge is -2.18. The smallest absolute Gasteiger partial charge is 0.215 e. The van der Waals surface area contributed by atoms with Gasteiger partial charge in [0.2, 0.25) is 10.0 Å². The predicted molar refractivity (Wildman–Crippen MR) is 66.0 cm³/mol. The maximum absolute atomic E-state index is 11.8. The second-order valence-corrected chi connectivity index (χ2v) is 6.16. The molecule has 0 rings (SSSR count). The van der Waals surface area contributed by atoms with Crippen LogP contribution in [0.25, 0.3) is 0 Å². The van der Waals surface area contributed by atoms with Crippen molar-refractivity contribution in [2.24, 2.45) is 0 Å². The fourth-order valence-electron chi connectivity index (χ4n) is 1.27. The van der Waals surface area contributed by atoms with E-state index in [1.165, 1.54) is 0 Å². The molecule has 0 aliphatic carbocycles. The predicted octanol–water partition coefficient (Wildman–Crippen LogP) is 0.329. The largest absolute Gasteiger partial charge is 0.383 e. The van der Waals surface area contributed by atoms with Crippen LogP contribution in [0.2, 0.25) is 0 Å². The summed E-state index contributed by atoms with van der Waals surface area (Å²) in [6.07, 6.45) is 1.00. The maximum atomic E-state index is 11.8. The van der Waals surface area contributed by atoms with Gasteiger partial charge in [-0.25, -0.2) is 13.1 Å². The molecule has 2 N–H and O–H groups in total. The van der Waals surface area contributed by atoms with Crippen LogP contribution in [0.4, 0.5) is 0 Å². The van der Waals surface area contributed by atoms with Crippen molar-refractivity contribution in [2.45, 2.75) is 38.5 Å². The van der Waals surface area contributed by atoms with Gasteiger partial charge in [-0.1, -0.05) is 6.92 Å². The molecule has 0 aromatic rings.